The smallest absolute Gasteiger partial charge is 0.266 e. The van der Waals surface area contributed by atoms with Crippen LogP contribution in [0.15, 0.2) is 16.9 Å². The second-order valence-corrected chi connectivity index (χ2v) is 2.13. The molecular weight excluding hydrogens is 140 g/mol. The number of rotatable bonds is 1. The average molecular weight is 154 g/mol. The molecule has 0 aliphatic carbocycles. The first-order valence-electron chi connectivity index (χ1n) is 3.29. The molecule has 0 fully saturated rings. The Kier molecular flexibility index (Phi) is 3.51. The maximum absolute atomic E-state index is 10.9. The van der Waals surface area contributed by atoms with Gasteiger partial charge in [0.15, 0.2) is 0 Å². The van der Waals surface area contributed by atoms with Gasteiger partial charge in [0.1, 0.15) is 0 Å². The Bertz CT molecular complexity index is 278. The normalized spacial score (nSPS) is 8.91. The fourth-order valence-corrected chi connectivity index (χ4v) is 0.777. The van der Waals surface area contributed by atoms with Crippen molar-refractivity contribution in [2.24, 2.45) is 0 Å². The summed E-state index contributed by atoms with van der Waals surface area (Å²) in [5, 5.41) is 4.00. The molecule has 1 aromatic rings. The van der Waals surface area contributed by atoms with Crippen molar-refractivity contribution in [3.63, 3.8) is 0 Å². The van der Waals surface area contributed by atoms with Crippen LogP contribution >= 0.6 is 0 Å². The summed E-state index contributed by atoms with van der Waals surface area (Å²) in [5.41, 5.74) is 0.842. The van der Waals surface area contributed by atoms with E-state index in [4.69, 9.17) is 0 Å². The van der Waals surface area contributed by atoms with Gasteiger partial charge in [0.25, 0.3) is 5.56 Å². The third-order valence-corrected chi connectivity index (χ3v) is 1.30. The fraction of sp³-hybridized carbons (Fsp3) is 0.500. The van der Waals surface area contributed by atoms with Crippen molar-refractivity contribution >= 4 is 0 Å². The predicted molar refractivity (Wildman–Crippen MR) is 45.6 cm³/mol. The average Bonchev–Trinajstić information content (AvgIpc) is 1.94. The third-order valence-electron chi connectivity index (χ3n) is 1.30. The summed E-state index contributed by atoms with van der Waals surface area (Å²) >= 11 is 0. The lowest BCUT2D eigenvalue weighted by molar-refractivity contribution is 0.606. The van der Waals surface area contributed by atoms with Gasteiger partial charge in [-0.1, -0.05) is 7.43 Å². The van der Waals surface area contributed by atoms with E-state index in [0.29, 0.717) is 6.54 Å². The first-order chi connectivity index (χ1) is 4.74. The quantitative estimate of drug-likeness (QED) is 0.609. The lowest BCUT2D eigenvalue weighted by atomic mass is 10.4. The van der Waals surface area contributed by atoms with Gasteiger partial charge in [0, 0.05) is 12.6 Å². The minimum atomic E-state index is -0.0342. The zero-order valence-electron chi connectivity index (χ0n) is 6.16. The summed E-state index contributed by atoms with van der Waals surface area (Å²) in [4.78, 5) is 10.9. The second kappa shape index (κ2) is 3.91. The lowest BCUT2D eigenvalue weighted by Gasteiger charge is -1.98. The van der Waals surface area contributed by atoms with Gasteiger partial charge in [0.05, 0.1) is 5.69 Å². The summed E-state index contributed by atoms with van der Waals surface area (Å²) in [6.45, 7) is 4.40. The zero-order valence-corrected chi connectivity index (χ0v) is 6.16. The summed E-state index contributed by atoms with van der Waals surface area (Å²) in [5.74, 6) is 0. The molecule has 0 spiro atoms. The number of hydrogen-bond acceptors (Lipinski definition) is 2. The van der Waals surface area contributed by atoms with E-state index in [1.165, 1.54) is 10.7 Å². The van der Waals surface area contributed by atoms with Crippen LogP contribution in [0.25, 0.3) is 0 Å². The molecule has 1 heterocycles. The van der Waals surface area contributed by atoms with Crippen molar-refractivity contribution in [3.05, 3.63) is 28.2 Å². The Labute approximate surface area is 66.7 Å². The summed E-state index contributed by atoms with van der Waals surface area (Å²) < 4.78 is 1.44. The van der Waals surface area contributed by atoms with Crippen molar-refractivity contribution < 1.29 is 0 Å². The zero-order chi connectivity index (χ0) is 7.56. The van der Waals surface area contributed by atoms with Crippen molar-refractivity contribution in [3.8, 4) is 0 Å². The molecule has 1 rings (SSSR count). The van der Waals surface area contributed by atoms with Gasteiger partial charge in [0.2, 0.25) is 0 Å². The molecule has 0 atom stereocenters. The molecule has 0 aromatic carbocycles. The molecule has 0 aliphatic rings. The van der Waals surface area contributed by atoms with Crippen LogP contribution in [-0.2, 0) is 6.54 Å². The van der Waals surface area contributed by atoms with E-state index in [2.05, 4.69) is 5.10 Å². The molecule has 0 amide bonds. The number of hydrogen-bond donors (Lipinski definition) is 0. The maximum atomic E-state index is 10.9. The van der Waals surface area contributed by atoms with Crippen LogP contribution in [0.5, 0.6) is 0 Å². The van der Waals surface area contributed by atoms with Gasteiger partial charge >= 0.3 is 0 Å². The van der Waals surface area contributed by atoms with Crippen LogP contribution in [0.4, 0.5) is 0 Å². The van der Waals surface area contributed by atoms with Crippen LogP contribution in [0.3, 0.4) is 0 Å². The molecular formula is C8H14N2O. The molecule has 3 nitrogen and oxygen atoms in total. The van der Waals surface area contributed by atoms with Crippen molar-refractivity contribution in [1.29, 1.82) is 0 Å². The number of aryl methyl sites for hydroxylation is 2. The van der Waals surface area contributed by atoms with Crippen LogP contribution in [-0.4, -0.2) is 9.78 Å². The highest BCUT2D eigenvalue weighted by Gasteiger charge is 1.91. The van der Waals surface area contributed by atoms with E-state index in [-0.39, 0.29) is 13.0 Å². The van der Waals surface area contributed by atoms with E-state index in [1.807, 2.05) is 13.8 Å². The van der Waals surface area contributed by atoms with E-state index in [0.717, 1.165) is 5.69 Å². The molecule has 1 aromatic heterocycles. The summed E-state index contributed by atoms with van der Waals surface area (Å²) in [6.07, 6.45) is 0. The van der Waals surface area contributed by atoms with E-state index < -0.39 is 0 Å². The topological polar surface area (TPSA) is 34.9 Å². The minimum absolute atomic E-state index is 0. The van der Waals surface area contributed by atoms with Gasteiger partial charge in [-0.05, 0) is 19.9 Å². The lowest BCUT2D eigenvalue weighted by Crippen LogP contribution is -2.21. The van der Waals surface area contributed by atoms with E-state index in [1.54, 1.807) is 6.07 Å². The minimum Gasteiger partial charge on any atom is -0.268 e. The molecule has 0 saturated heterocycles. The molecule has 0 aliphatic heterocycles. The van der Waals surface area contributed by atoms with Crippen LogP contribution in [0, 0.1) is 6.92 Å². The highest BCUT2D eigenvalue weighted by atomic mass is 16.1. The largest absolute Gasteiger partial charge is 0.268 e. The van der Waals surface area contributed by atoms with Gasteiger partial charge in [-0.2, -0.15) is 5.10 Å². The first-order valence-corrected chi connectivity index (χ1v) is 3.29. The van der Waals surface area contributed by atoms with Crippen molar-refractivity contribution in [2.45, 2.75) is 27.8 Å². The first kappa shape index (κ1) is 9.88. The SMILES string of the molecule is C.CCn1nc(C)ccc1=O. The number of nitrogens with zero attached hydrogens (tertiary/aromatic N) is 2. The van der Waals surface area contributed by atoms with Gasteiger partial charge in [-0.25, -0.2) is 4.68 Å². The van der Waals surface area contributed by atoms with Gasteiger partial charge in [-0.3, -0.25) is 4.79 Å². The molecule has 0 unspecified atom stereocenters. The summed E-state index contributed by atoms with van der Waals surface area (Å²) in [6, 6.07) is 3.25. The fourth-order valence-electron chi connectivity index (χ4n) is 0.777. The standard InChI is InChI=1S/C7H10N2O.CH4/c1-3-9-7(10)5-4-6(2)8-9;/h4-5H,3H2,1-2H3;1H4. The summed E-state index contributed by atoms with van der Waals surface area (Å²) in [7, 11) is 0. The van der Waals surface area contributed by atoms with Crippen LogP contribution in [0.1, 0.15) is 20.0 Å². The van der Waals surface area contributed by atoms with E-state index >= 15 is 0 Å². The van der Waals surface area contributed by atoms with Gasteiger partial charge in [-0.15, -0.1) is 0 Å². The second-order valence-electron chi connectivity index (χ2n) is 2.13. The Morgan fingerprint density at radius 3 is 2.64 bits per heavy atom. The van der Waals surface area contributed by atoms with Crippen LogP contribution in [0.2, 0.25) is 0 Å². The molecule has 11 heavy (non-hydrogen) atoms. The van der Waals surface area contributed by atoms with E-state index in [9.17, 15) is 4.79 Å². The Morgan fingerprint density at radius 2 is 2.18 bits per heavy atom. The molecule has 0 N–H and O–H groups in total. The predicted octanol–water partition coefficient (Wildman–Crippen LogP) is 1.21. The Hall–Kier alpha value is -1.12. The molecule has 0 saturated carbocycles. The van der Waals surface area contributed by atoms with Crippen LogP contribution < -0.4 is 5.56 Å². The number of aromatic nitrogens is 2. The molecule has 3 heteroatoms. The molecule has 62 valence electrons. The Morgan fingerprint density at radius 1 is 1.55 bits per heavy atom. The van der Waals surface area contributed by atoms with Gasteiger partial charge < -0.3 is 0 Å². The van der Waals surface area contributed by atoms with Crippen molar-refractivity contribution in [2.75, 3.05) is 0 Å². The third kappa shape index (κ3) is 2.18. The monoisotopic (exact) mass is 154 g/mol. The van der Waals surface area contributed by atoms with Crippen molar-refractivity contribution in [1.82, 2.24) is 9.78 Å². The maximum Gasteiger partial charge on any atom is 0.266 e. The molecule has 0 bridgehead atoms. The molecule has 0 radical (unpaired) electrons. The Balaban J connectivity index is 0.000001000. The highest BCUT2D eigenvalue weighted by Crippen LogP contribution is 1.84. The highest BCUT2D eigenvalue weighted by molar-refractivity contribution is 4.96.